The molecule has 0 amide bonds. The van der Waals surface area contributed by atoms with Crippen molar-refractivity contribution in [2.45, 2.75) is 12.2 Å². The third-order valence-electron chi connectivity index (χ3n) is 0.955. The molecule has 11 heavy (non-hydrogen) atoms. The van der Waals surface area contributed by atoms with E-state index >= 15 is 0 Å². The van der Waals surface area contributed by atoms with Crippen LogP contribution in [0.4, 0.5) is 0 Å². The van der Waals surface area contributed by atoms with E-state index in [0.29, 0.717) is 11.8 Å². The van der Waals surface area contributed by atoms with Crippen molar-refractivity contribution in [2.75, 3.05) is 7.11 Å². The number of carbonyl (C=O) groups excluding carboxylic acids is 2. The maximum absolute atomic E-state index is 10.7. The van der Waals surface area contributed by atoms with Gasteiger partial charge in [0.2, 0.25) is 0 Å². The Kier molecular flexibility index (Phi) is 4.30. The summed E-state index contributed by atoms with van der Waals surface area (Å²) in [5.41, 5.74) is 0. The average Bonchev–Trinajstić information content (AvgIpc) is 1.98. The molecule has 0 aromatic rings. The zero-order chi connectivity index (χ0) is 8.85. The fraction of sp³-hybridized carbons (Fsp3) is 0.500. The normalized spacial score (nSPS) is 11.4. The Morgan fingerprint density at radius 1 is 1.64 bits per heavy atom. The predicted molar refractivity (Wildman–Crippen MR) is 39.7 cm³/mol. The van der Waals surface area contributed by atoms with Gasteiger partial charge in [0, 0.05) is 0 Å². The molecule has 0 saturated carbocycles. The van der Waals surface area contributed by atoms with Gasteiger partial charge in [0.15, 0.2) is 11.0 Å². The molecule has 0 saturated heterocycles. The zero-order valence-electron chi connectivity index (χ0n) is 6.16. The van der Waals surface area contributed by atoms with Gasteiger partial charge >= 0.3 is 5.97 Å². The smallest absolute Gasteiger partial charge is 0.327 e. The molecule has 0 spiro atoms. The second-order valence-corrected chi connectivity index (χ2v) is 2.61. The number of ether oxygens (including phenoxy) is 1. The molecular formula is C6H7NO3S. The topological polar surface area (TPSA) is 67.2 Å². The molecule has 0 aliphatic rings. The number of esters is 1. The summed E-state index contributed by atoms with van der Waals surface area (Å²) in [6.45, 7) is 1.24. The van der Waals surface area contributed by atoms with Crippen molar-refractivity contribution in [1.29, 1.82) is 5.26 Å². The Bertz CT molecular complexity index is 208. The van der Waals surface area contributed by atoms with Crippen molar-refractivity contribution in [2.24, 2.45) is 0 Å². The quantitative estimate of drug-likeness (QED) is 0.349. The summed E-state index contributed by atoms with van der Waals surface area (Å²) in [6.07, 6.45) is 0. The molecule has 0 radical (unpaired) electrons. The standard InChI is InChI=1S/C6H7NO3S/c1-4(8)5(11-3-7)6(9)10-2/h5H,1-2H3. The second-order valence-electron chi connectivity index (χ2n) is 1.72. The molecule has 0 aliphatic carbocycles. The SMILES string of the molecule is COC(=O)C(SC#N)C(C)=O. The highest BCUT2D eigenvalue weighted by molar-refractivity contribution is 8.05. The van der Waals surface area contributed by atoms with E-state index in [1.54, 1.807) is 5.40 Å². The number of thiocyanates is 1. The first-order valence-corrected chi connectivity index (χ1v) is 3.64. The molecule has 0 rings (SSSR count). The fourth-order valence-corrected chi connectivity index (χ4v) is 0.921. The molecule has 0 aromatic heterocycles. The lowest BCUT2D eigenvalue weighted by Crippen LogP contribution is -2.25. The van der Waals surface area contributed by atoms with Crippen LogP contribution in [0.25, 0.3) is 0 Å². The van der Waals surface area contributed by atoms with Gasteiger partial charge in [0.25, 0.3) is 0 Å². The summed E-state index contributed by atoms with van der Waals surface area (Å²) in [4.78, 5) is 21.4. The van der Waals surface area contributed by atoms with Crippen molar-refractivity contribution < 1.29 is 14.3 Å². The van der Waals surface area contributed by atoms with Gasteiger partial charge in [-0.3, -0.25) is 9.59 Å². The monoisotopic (exact) mass is 173 g/mol. The number of nitriles is 1. The predicted octanol–water partition coefficient (Wildman–Crippen LogP) is 0.331. The van der Waals surface area contributed by atoms with Crippen LogP contribution < -0.4 is 0 Å². The third-order valence-corrected chi connectivity index (χ3v) is 1.82. The lowest BCUT2D eigenvalue weighted by molar-refractivity contribution is -0.142. The van der Waals surface area contributed by atoms with Crippen LogP contribution in [0.3, 0.4) is 0 Å². The van der Waals surface area contributed by atoms with E-state index in [0.717, 1.165) is 0 Å². The highest BCUT2D eigenvalue weighted by Gasteiger charge is 2.24. The lowest BCUT2D eigenvalue weighted by atomic mass is 10.3. The highest BCUT2D eigenvalue weighted by atomic mass is 32.2. The average molecular weight is 173 g/mol. The van der Waals surface area contributed by atoms with Crippen molar-refractivity contribution >= 4 is 23.5 Å². The van der Waals surface area contributed by atoms with Gasteiger partial charge in [0.1, 0.15) is 5.40 Å². The summed E-state index contributed by atoms with van der Waals surface area (Å²) < 4.78 is 4.29. The van der Waals surface area contributed by atoms with E-state index in [2.05, 4.69) is 4.74 Å². The van der Waals surface area contributed by atoms with E-state index in [1.165, 1.54) is 14.0 Å². The van der Waals surface area contributed by atoms with Crippen LogP contribution in [-0.4, -0.2) is 24.1 Å². The number of rotatable bonds is 3. The number of hydrogen-bond acceptors (Lipinski definition) is 5. The maximum atomic E-state index is 10.7. The number of Topliss-reactive ketones (excluding diaryl/α,β-unsaturated/α-hetero) is 1. The lowest BCUT2D eigenvalue weighted by Gasteiger charge is -2.04. The van der Waals surface area contributed by atoms with Gasteiger partial charge in [-0.2, -0.15) is 5.26 Å². The molecule has 60 valence electrons. The molecule has 0 fully saturated rings. The van der Waals surface area contributed by atoms with Crippen LogP contribution in [0, 0.1) is 10.7 Å². The van der Waals surface area contributed by atoms with E-state index in [1.807, 2.05) is 0 Å². The highest BCUT2D eigenvalue weighted by Crippen LogP contribution is 2.11. The molecule has 0 bridgehead atoms. The van der Waals surface area contributed by atoms with Crippen LogP contribution in [0.2, 0.25) is 0 Å². The van der Waals surface area contributed by atoms with Crippen molar-refractivity contribution in [3.05, 3.63) is 0 Å². The first kappa shape index (κ1) is 9.98. The van der Waals surface area contributed by atoms with Crippen LogP contribution in [-0.2, 0) is 14.3 Å². The molecule has 5 heteroatoms. The van der Waals surface area contributed by atoms with Crippen LogP contribution >= 0.6 is 11.8 Å². The summed E-state index contributed by atoms with van der Waals surface area (Å²) in [5, 5.41) is 8.85. The van der Waals surface area contributed by atoms with E-state index in [9.17, 15) is 9.59 Å². The molecule has 4 nitrogen and oxygen atoms in total. The number of hydrogen-bond donors (Lipinski definition) is 0. The fourth-order valence-electron chi connectivity index (χ4n) is 0.457. The Hall–Kier alpha value is -1.02. The van der Waals surface area contributed by atoms with Gasteiger partial charge in [-0.25, -0.2) is 0 Å². The minimum absolute atomic E-state index is 0.372. The Morgan fingerprint density at radius 2 is 2.18 bits per heavy atom. The summed E-state index contributed by atoms with van der Waals surface area (Å²) >= 11 is 0.599. The summed E-state index contributed by atoms with van der Waals surface area (Å²) in [6, 6.07) is 0. The Labute approximate surface area is 68.5 Å². The molecule has 0 aromatic carbocycles. The second kappa shape index (κ2) is 4.74. The molecule has 1 unspecified atom stereocenters. The van der Waals surface area contributed by atoms with E-state index in [4.69, 9.17) is 5.26 Å². The first-order chi connectivity index (χ1) is 5.13. The van der Waals surface area contributed by atoms with E-state index < -0.39 is 11.2 Å². The van der Waals surface area contributed by atoms with Gasteiger partial charge in [-0.15, -0.1) is 0 Å². The Morgan fingerprint density at radius 3 is 2.45 bits per heavy atom. The third kappa shape index (κ3) is 3.05. The Balaban J connectivity index is 4.24. The van der Waals surface area contributed by atoms with Crippen molar-refractivity contribution in [1.82, 2.24) is 0 Å². The molecular weight excluding hydrogens is 166 g/mol. The van der Waals surface area contributed by atoms with E-state index in [-0.39, 0.29) is 5.78 Å². The van der Waals surface area contributed by atoms with Gasteiger partial charge < -0.3 is 4.74 Å². The minimum atomic E-state index is -0.995. The largest absolute Gasteiger partial charge is 0.468 e. The van der Waals surface area contributed by atoms with Crippen LogP contribution in [0.1, 0.15) is 6.92 Å². The van der Waals surface area contributed by atoms with Crippen LogP contribution in [0.15, 0.2) is 0 Å². The number of carbonyl (C=O) groups is 2. The van der Waals surface area contributed by atoms with Gasteiger partial charge in [-0.05, 0) is 18.7 Å². The minimum Gasteiger partial charge on any atom is -0.468 e. The van der Waals surface area contributed by atoms with Crippen molar-refractivity contribution in [3.63, 3.8) is 0 Å². The number of ketones is 1. The van der Waals surface area contributed by atoms with Crippen molar-refractivity contribution in [3.8, 4) is 5.40 Å². The summed E-state index contributed by atoms with van der Waals surface area (Å²) in [5.74, 6) is -1.05. The zero-order valence-corrected chi connectivity index (χ0v) is 6.97. The molecule has 0 N–H and O–H groups in total. The number of nitrogens with zero attached hydrogens (tertiary/aromatic N) is 1. The molecule has 0 aliphatic heterocycles. The molecule has 1 atom stereocenters. The number of methoxy groups -OCH3 is 1. The maximum Gasteiger partial charge on any atom is 0.327 e. The number of thioether (sulfide) groups is 1. The van der Waals surface area contributed by atoms with Crippen LogP contribution in [0.5, 0.6) is 0 Å². The summed E-state index contributed by atoms with van der Waals surface area (Å²) in [7, 11) is 1.18. The molecule has 0 heterocycles. The first-order valence-electron chi connectivity index (χ1n) is 2.76. The van der Waals surface area contributed by atoms with Gasteiger partial charge in [-0.1, -0.05) is 0 Å². The van der Waals surface area contributed by atoms with Gasteiger partial charge in [0.05, 0.1) is 7.11 Å².